The second-order valence-electron chi connectivity index (χ2n) is 7.49. The van der Waals surface area contributed by atoms with E-state index >= 15 is 0 Å². The molecule has 7 heteroatoms. The van der Waals surface area contributed by atoms with Crippen LogP contribution in [-0.4, -0.2) is 35.4 Å². The number of aromatic nitrogens is 1. The number of thiophene rings is 1. The van der Waals surface area contributed by atoms with E-state index in [1.807, 2.05) is 11.0 Å². The maximum atomic E-state index is 12.7. The van der Waals surface area contributed by atoms with Crippen molar-refractivity contribution in [2.45, 2.75) is 19.4 Å². The van der Waals surface area contributed by atoms with Crippen LogP contribution in [0.4, 0.5) is 0 Å². The van der Waals surface area contributed by atoms with Gasteiger partial charge in [-0.25, -0.2) is 0 Å². The highest BCUT2D eigenvalue weighted by atomic mass is 35.5. The fourth-order valence-corrected chi connectivity index (χ4v) is 4.69. The number of likely N-dealkylation sites (tertiary alicyclic amines) is 1. The molecule has 156 valence electrons. The molecule has 0 aliphatic carbocycles. The number of nitrogens with one attached hydrogen (secondary N) is 1. The van der Waals surface area contributed by atoms with E-state index in [2.05, 4.69) is 35.0 Å². The van der Waals surface area contributed by atoms with Crippen molar-refractivity contribution in [3.05, 3.63) is 75.2 Å². The van der Waals surface area contributed by atoms with Gasteiger partial charge in [0.25, 0.3) is 5.91 Å². The van der Waals surface area contributed by atoms with Crippen LogP contribution in [0.5, 0.6) is 0 Å². The van der Waals surface area contributed by atoms with Crippen LogP contribution in [-0.2, 0) is 6.54 Å². The summed E-state index contributed by atoms with van der Waals surface area (Å²) in [5.41, 5.74) is 2.67. The van der Waals surface area contributed by atoms with Gasteiger partial charge in [-0.3, -0.25) is 9.78 Å². The molecule has 4 rings (SSSR count). The van der Waals surface area contributed by atoms with Gasteiger partial charge in [0.15, 0.2) is 0 Å². The molecule has 30 heavy (non-hydrogen) atoms. The number of benzene rings is 1. The molecule has 0 spiro atoms. The Balaban J connectivity index is 1.24. The van der Waals surface area contributed by atoms with Gasteiger partial charge in [0, 0.05) is 25.2 Å². The molecule has 0 radical (unpaired) electrons. The number of piperidine rings is 1. The van der Waals surface area contributed by atoms with Gasteiger partial charge in [0.1, 0.15) is 0 Å². The molecule has 1 fully saturated rings. The minimum atomic E-state index is 0.0227. The van der Waals surface area contributed by atoms with E-state index in [1.165, 1.54) is 4.88 Å². The monoisotopic (exact) mass is 459 g/mol. The predicted molar refractivity (Wildman–Crippen MR) is 124 cm³/mol. The molecule has 1 aromatic carbocycles. The number of hydrogen-bond acceptors (Lipinski definition) is 4. The van der Waals surface area contributed by atoms with E-state index in [0.29, 0.717) is 21.5 Å². The lowest BCUT2D eigenvalue weighted by Gasteiger charge is -2.32. The van der Waals surface area contributed by atoms with Crippen molar-refractivity contribution in [1.29, 1.82) is 0 Å². The smallest absolute Gasteiger partial charge is 0.253 e. The summed E-state index contributed by atoms with van der Waals surface area (Å²) < 4.78 is 0. The average Bonchev–Trinajstić information content (AvgIpc) is 3.31. The zero-order valence-corrected chi connectivity index (χ0v) is 18.8. The lowest BCUT2D eigenvalue weighted by Crippen LogP contribution is -2.40. The van der Waals surface area contributed by atoms with E-state index in [9.17, 15) is 4.79 Å². The Hall–Kier alpha value is -1.92. The van der Waals surface area contributed by atoms with Gasteiger partial charge in [0.2, 0.25) is 0 Å². The largest absolute Gasteiger partial charge is 0.339 e. The van der Waals surface area contributed by atoms with Crippen LogP contribution in [0.3, 0.4) is 0 Å². The Bertz CT molecular complexity index is 1000. The summed E-state index contributed by atoms with van der Waals surface area (Å²) in [6.07, 6.45) is 1.98. The summed E-state index contributed by atoms with van der Waals surface area (Å²) in [6, 6.07) is 15.4. The minimum Gasteiger partial charge on any atom is -0.339 e. The summed E-state index contributed by atoms with van der Waals surface area (Å²) >= 11 is 13.7. The third-order valence-corrected chi connectivity index (χ3v) is 7.02. The van der Waals surface area contributed by atoms with Crippen molar-refractivity contribution in [3.63, 3.8) is 0 Å². The number of hydrogen-bond donors (Lipinski definition) is 1. The molecule has 3 aromatic rings. The first kappa shape index (κ1) is 21.3. The van der Waals surface area contributed by atoms with Gasteiger partial charge in [-0.15, -0.1) is 11.3 Å². The molecule has 1 aliphatic rings. The van der Waals surface area contributed by atoms with E-state index in [4.69, 9.17) is 28.2 Å². The molecular formula is C23H23Cl2N3OS. The zero-order valence-electron chi connectivity index (χ0n) is 16.5. The highest BCUT2D eigenvalue weighted by Gasteiger charge is 2.23. The van der Waals surface area contributed by atoms with E-state index in [-0.39, 0.29) is 5.91 Å². The number of carbonyl (C=O) groups is 1. The van der Waals surface area contributed by atoms with Crippen LogP contribution in [0.25, 0.3) is 10.6 Å². The first-order valence-electron chi connectivity index (χ1n) is 10.0. The standard InChI is InChI=1S/C23H23Cl2N3OS/c24-19-7-6-17(13-20(19)25)23(29)28-10-8-16(9-11-28)14-26-15-18-3-1-4-21(27-18)22-5-2-12-30-22/h1-7,12-13,16,26H,8-11,14-15H2. The Morgan fingerprint density at radius 1 is 1.10 bits per heavy atom. The SMILES string of the molecule is O=C(c1ccc(Cl)c(Cl)c1)N1CCC(CNCc2cccc(-c3cccs3)n2)CC1. The fraction of sp³-hybridized carbons (Fsp3) is 0.304. The Kier molecular flexibility index (Phi) is 7.05. The second-order valence-corrected chi connectivity index (χ2v) is 9.25. The van der Waals surface area contributed by atoms with Crippen LogP contribution >= 0.6 is 34.5 Å². The number of nitrogens with zero attached hydrogens (tertiary/aromatic N) is 2. The molecule has 1 saturated heterocycles. The van der Waals surface area contributed by atoms with Gasteiger partial charge in [-0.05, 0) is 67.1 Å². The number of rotatable bonds is 6. The zero-order chi connectivity index (χ0) is 20.9. The molecule has 1 aliphatic heterocycles. The molecule has 0 bridgehead atoms. The van der Waals surface area contributed by atoms with Gasteiger partial charge in [-0.2, -0.15) is 0 Å². The summed E-state index contributed by atoms with van der Waals surface area (Å²) in [6.45, 7) is 3.20. The summed E-state index contributed by atoms with van der Waals surface area (Å²) in [5.74, 6) is 0.581. The van der Waals surface area contributed by atoms with Gasteiger partial charge in [-0.1, -0.05) is 35.3 Å². The molecule has 1 amide bonds. The molecule has 3 heterocycles. The Labute approximate surface area is 190 Å². The van der Waals surface area contributed by atoms with Crippen molar-refractivity contribution in [2.24, 2.45) is 5.92 Å². The Morgan fingerprint density at radius 2 is 1.93 bits per heavy atom. The van der Waals surface area contributed by atoms with E-state index in [0.717, 1.165) is 50.4 Å². The van der Waals surface area contributed by atoms with Gasteiger partial charge < -0.3 is 10.2 Å². The average molecular weight is 460 g/mol. The third-order valence-electron chi connectivity index (χ3n) is 5.39. The summed E-state index contributed by atoms with van der Waals surface area (Å²) in [7, 11) is 0. The first-order valence-corrected chi connectivity index (χ1v) is 11.7. The highest BCUT2D eigenvalue weighted by molar-refractivity contribution is 7.13. The number of pyridine rings is 1. The Morgan fingerprint density at radius 3 is 2.67 bits per heavy atom. The van der Waals surface area contributed by atoms with Crippen molar-refractivity contribution in [2.75, 3.05) is 19.6 Å². The third kappa shape index (κ3) is 5.22. The number of carbonyl (C=O) groups excluding carboxylic acids is 1. The van der Waals surface area contributed by atoms with Crippen LogP contribution in [0.1, 0.15) is 28.9 Å². The molecular weight excluding hydrogens is 437 g/mol. The van der Waals surface area contributed by atoms with Gasteiger partial charge in [0.05, 0.1) is 26.3 Å². The van der Waals surface area contributed by atoms with Gasteiger partial charge >= 0.3 is 0 Å². The van der Waals surface area contributed by atoms with E-state index in [1.54, 1.807) is 29.5 Å². The number of halogens is 2. The molecule has 0 unspecified atom stereocenters. The lowest BCUT2D eigenvalue weighted by atomic mass is 9.96. The van der Waals surface area contributed by atoms with Crippen molar-refractivity contribution in [1.82, 2.24) is 15.2 Å². The minimum absolute atomic E-state index is 0.0227. The predicted octanol–water partition coefficient (Wildman–Crippen LogP) is 5.76. The van der Waals surface area contributed by atoms with E-state index < -0.39 is 0 Å². The lowest BCUT2D eigenvalue weighted by molar-refractivity contribution is 0.0690. The fourth-order valence-electron chi connectivity index (χ4n) is 3.70. The van der Waals surface area contributed by atoms with Crippen molar-refractivity contribution in [3.8, 4) is 10.6 Å². The van der Waals surface area contributed by atoms with Crippen LogP contribution < -0.4 is 5.32 Å². The molecule has 1 N–H and O–H groups in total. The maximum absolute atomic E-state index is 12.7. The van der Waals surface area contributed by atoms with Crippen molar-refractivity contribution < 1.29 is 4.79 Å². The quantitative estimate of drug-likeness (QED) is 0.509. The normalized spacial score (nSPS) is 14.8. The maximum Gasteiger partial charge on any atom is 0.253 e. The van der Waals surface area contributed by atoms with Crippen molar-refractivity contribution >= 4 is 40.4 Å². The second kappa shape index (κ2) is 9.92. The first-order chi connectivity index (χ1) is 14.6. The van der Waals surface area contributed by atoms with Crippen LogP contribution in [0, 0.1) is 5.92 Å². The van der Waals surface area contributed by atoms with Crippen LogP contribution in [0.2, 0.25) is 10.0 Å². The molecule has 0 atom stereocenters. The summed E-state index contributed by atoms with van der Waals surface area (Å²) in [4.78, 5) is 20.5. The molecule has 4 nitrogen and oxygen atoms in total. The molecule has 0 saturated carbocycles. The summed E-state index contributed by atoms with van der Waals surface area (Å²) in [5, 5.41) is 6.49. The topological polar surface area (TPSA) is 45.2 Å². The van der Waals surface area contributed by atoms with Crippen LogP contribution in [0.15, 0.2) is 53.9 Å². The number of amides is 1. The molecule has 2 aromatic heterocycles. The highest BCUT2D eigenvalue weighted by Crippen LogP contribution is 2.25.